The highest BCUT2D eigenvalue weighted by atomic mass is 32.1. The van der Waals surface area contributed by atoms with Gasteiger partial charge in [-0.1, -0.05) is 6.07 Å². The molecule has 0 atom stereocenters. The van der Waals surface area contributed by atoms with Crippen molar-refractivity contribution >= 4 is 17.3 Å². The third-order valence-corrected chi connectivity index (χ3v) is 3.69. The van der Waals surface area contributed by atoms with E-state index in [4.69, 9.17) is 0 Å². The Morgan fingerprint density at radius 2 is 2.47 bits per heavy atom. The molecule has 2 aromatic rings. The van der Waals surface area contributed by atoms with Crippen LogP contribution in [0.3, 0.4) is 0 Å². The Balaban J connectivity index is 2.13. The van der Waals surface area contributed by atoms with Crippen LogP contribution in [0.5, 0.6) is 0 Å². The van der Waals surface area contributed by atoms with Crippen LogP contribution in [0.1, 0.15) is 12.1 Å². The average Bonchev–Trinajstić information content (AvgIpc) is 2.87. The molecule has 2 aromatic heterocycles. The highest BCUT2D eigenvalue weighted by molar-refractivity contribution is 7.13. The van der Waals surface area contributed by atoms with Crippen molar-refractivity contribution in [3.8, 4) is 10.6 Å². The summed E-state index contributed by atoms with van der Waals surface area (Å²) in [6, 6.07) is 4.21. The lowest BCUT2D eigenvalue weighted by Crippen LogP contribution is -2.17. The monoisotopic (exact) mass is 219 g/mol. The number of hydrogen-bond acceptors (Lipinski definition) is 3. The maximum Gasteiger partial charge on any atom is 0.203 e. The number of rotatable bonds is 1. The lowest BCUT2D eigenvalue weighted by molar-refractivity contribution is 0.615. The van der Waals surface area contributed by atoms with Gasteiger partial charge in [-0.3, -0.25) is 0 Å². The molecule has 4 heteroatoms. The summed E-state index contributed by atoms with van der Waals surface area (Å²) < 4.78 is 2.28. The van der Waals surface area contributed by atoms with E-state index < -0.39 is 0 Å². The molecule has 0 aliphatic carbocycles. The SMILES string of the molecule is Cc1c(-c2cccs2)nc2n1CCCN2. The first-order valence-corrected chi connectivity index (χ1v) is 6.09. The van der Waals surface area contributed by atoms with Gasteiger partial charge < -0.3 is 9.88 Å². The topological polar surface area (TPSA) is 29.9 Å². The van der Waals surface area contributed by atoms with Crippen molar-refractivity contribution in [3.63, 3.8) is 0 Å². The normalized spacial score (nSPS) is 14.7. The van der Waals surface area contributed by atoms with Gasteiger partial charge in [0.25, 0.3) is 0 Å². The Bertz CT molecular complexity index is 470. The van der Waals surface area contributed by atoms with Gasteiger partial charge in [0, 0.05) is 18.8 Å². The number of hydrogen-bond donors (Lipinski definition) is 1. The van der Waals surface area contributed by atoms with Crippen LogP contribution >= 0.6 is 11.3 Å². The molecule has 0 saturated heterocycles. The number of nitrogens with zero attached hydrogens (tertiary/aromatic N) is 2. The number of aromatic nitrogens is 2. The Labute approximate surface area is 92.8 Å². The fourth-order valence-electron chi connectivity index (χ4n) is 2.03. The zero-order valence-corrected chi connectivity index (χ0v) is 9.47. The minimum atomic E-state index is 1.03. The second kappa shape index (κ2) is 3.38. The highest BCUT2D eigenvalue weighted by Crippen LogP contribution is 2.30. The largest absolute Gasteiger partial charge is 0.356 e. The van der Waals surface area contributed by atoms with Crippen molar-refractivity contribution in [2.75, 3.05) is 11.9 Å². The van der Waals surface area contributed by atoms with E-state index in [0.717, 1.165) is 24.7 Å². The number of anilines is 1. The first-order chi connectivity index (χ1) is 7.36. The standard InChI is InChI=1S/C11H13N3S/c1-8-10(9-4-2-7-15-9)13-11-12-5-3-6-14(8)11/h2,4,7H,3,5-6H2,1H3,(H,12,13). The van der Waals surface area contributed by atoms with Gasteiger partial charge in [-0.2, -0.15) is 0 Å². The van der Waals surface area contributed by atoms with Crippen LogP contribution in [-0.2, 0) is 6.54 Å². The van der Waals surface area contributed by atoms with E-state index in [0.29, 0.717) is 0 Å². The molecule has 0 saturated carbocycles. The molecule has 0 bridgehead atoms. The summed E-state index contributed by atoms with van der Waals surface area (Å²) in [5.41, 5.74) is 2.41. The molecular formula is C11H13N3S. The number of fused-ring (bicyclic) bond motifs is 1. The van der Waals surface area contributed by atoms with Crippen LogP contribution in [0.25, 0.3) is 10.6 Å². The fourth-order valence-corrected chi connectivity index (χ4v) is 2.79. The smallest absolute Gasteiger partial charge is 0.203 e. The molecule has 0 unspecified atom stereocenters. The van der Waals surface area contributed by atoms with Gasteiger partial charge in [-0.15, -0.1) is 11.3 Å². The van der Waals surface area contributed by atoms with Gasteiger partial charge in [0.2, 0.25) is 5.95 Å². The van der Waals surface area contributed by atoms with Crippen molar-refractivity contribution < 1.29 is 0 Å². The van der Waals surface area contributed by atoms with Crippen molar-refractivity contribution in [3.05, 3.63) is 23.2 Å². The van der Waals surface area contributed by atoms with Gasteiger partial charge in [-0.25, -0.2) is 4.98 Å². The Hall–Kier alpha value is -1.29. The molecule has 0 radical (unpaired) electrons. The maximum absolute atomic E-state index is 4.66. The summed E-state index contributed by atoms with van der Waals surface area (Å²) in [4.78, 5) is 5.92. The summed E-state index contributed by atoms with van der Waals surface area (Å²) in [5.74, 6) is 1.03. The van der Waals surface area contributed by atoms with Gasteiger partial charge >= 0.3 is 0 Å². The highest BCUT2D eigenvalue weighted by Gasteiger charge is 2.17. The molecule has 0 amide bonds. The Morgan fingerprint density at radius 1 is 1.53 bits per heavy atom. The van der Waals surface area contributed by atoms with Crippen LogP contribution in [0.2, 0.25) is 0 Å². The van der Waals surface area contributed by atoms with Crippen molar-refractivity contribution in [2.45, 2.75) is 19.9 Å². The van der Waals surface area contributed by atoms with Crippen LogP contribution in [0.4, 0.5) is 5.95 Å². The summed E-state index contributed by atoms with van der Waals surface area (Å²) in [7, 11) is 0. The third-order valence-electron chi connectivity index (χ3n) is 2.82. The molecule has 0 spiro atoms. The second-order valence-corrected chi connectivity index (χ2v) is 4.73. The zero-order chi connectivity index (χ0) is 10.3. The minimum absolute atomic E-state index is 1.03. The van der Waals surface area contributed by atoms with Crippen LogP contribution in [0, 0.1) is 6.92 Å². The van der Waals surface area contributed by atoms with Crippen LogP contribution in [0.15, 0.2) is 17.5 Å². The molecule has 1 N–H and O–H groups in total. The van der Waals surface area contributed by atoms with Gasteiger partial charge in [0.15, 0.2) is 0 Å². The molecule has 0 aromatic carbocycles. The van der Waals surface area contributed by atoms with Crippen LogP contribution in [-0.4, -0.2) is 16.1 Å². The molecule has 78 valence electrons. The maximum atomic E-state index is 4.66. The van der Waals surface area contributed by atoms with Crippen molar-refractivity contribution in [1.29, 1.82) is 0 Å². The first-order valence-electron chi connectivity index (χ1n) is 5.21. The first kappa shape index (κ1) is 8.97. The Morgan fingerprint density at radius 3 is 3.20 bits per heavy atom. The summed E-state index contributed by atoms with van der Waals surface area (Å²) in [5, 5.41) is 5.44. The number of thiophene rings is 1. The van der Waals surface area contributed by atoms with E-state index >= 15 is 0 Å². The van der Waals surface area contributed by atoms with Gasteiger partial charge in [0.05, 0.1) is 4.88 Å². The number of nitrogens with one attached hydrogen (secondary N) is 1. The van der Waals surface area contributed by atoms with E-state index in [1.165, 1.54) is 17.0 Å². The predicted octanol–water partition coefficient (Wildman–Crippen LogP) is 2.74. The van der Waals surface area contributed by atoms with Gasteiger partial charge in [0.1, 0.15) is 5.69 Å². The van der Waals surface area contributed by atoms with E-state index in [2.05, 4.69) is 39.3 Å². The fraction of sp³-hybridized carbons (Fsp3) is 0.364. The molecular weight excluding hydrogens is 206 g/mol. The molecule has 3 nitrogen and oxygen atoms in total. The van der Waals surface area contributed by atoms with Gasteiger partial charge in [-0.05, 0) is 24.8 Å². The van der Waals surface area contributed by atoms with Crippen molar-refractivity contribution in [1.82, 2.24) is 9.55 Å². The lowest BCUT2D eigenvalue weighted by Gasteiger charge is -2.16. The lowest BCUT2D eigenvalue weighted by atomic mass is 10.3. The van der Waals surface area contributed by atoms with Crippen molar-refractivity contribution in [2.24, 2.45) is 0 Å². The summed E-state index contributed by atoms with van der Waals surface area (Å²) in [6.07, 6.45) is 1.19. The van der Waals surface area contributed by atoms with E-state index in [1.807, 2.05) is 0 Å². The number of imidazole rings is 1. The van der Waals surface area contributed by atoms with E-state index in [1.54, 1.807) is 11.3 Å². The van der Waals surface area contributed by atoms with E-state index in [-0.39, 0.29) is 0 Å². The average molecular weight is 219 g/mol. The third kappa shape index (κ3) is 1.36. The summed E-state index contributed by atoms with van der Waals surface area (Å²) >= 11 is 1.75. The molecule has 3 heterocycles. The molecule has 1 aliphatic rings. The predicted molar refractivity (Wildman–Crippen MR) is 63.4 cm³/mol. The quantitative estimate of drug-likeness (QED) is 0.799. The second-order valence-electron chi connectivity index (χ2n) is 3.78. The zero-order valence-electron chi connectivity index (χ0n) is 8.66. The molecule has 0 fully saturated rings. The molecule has 3 rings (SSSR count). The molecule has 15 heavy (non-hydrogen) atoms. The van der Waals surface area contributed by atoms with E-state index in [9.17, 15) is 0 Å². The Kier molecular flexibility index (Phi) is 2.02. The summed E-state index contributed by atoms with van der Waals surface area (Å²) in [6.45, 7) is 4.28. The van der Waals surface area contributed by atoms with Crippen LogP contribution < -0.4 is 5.32 Å². The minimum Gasteiger partial charge on any atom is -0.356 e. The molecule has 1 aliphatic heterocycles.